The number of imide groups is 1. The van der Waals surface area contributed by atoms with E-state index >= 15 is 0 Å². The number of ether oxygens (including phenoxy) is 1. The molecule has 0 spiro atoms. The molecular weight excluding hydrogens is 278 g/mol. The Kier molecular flexibility index (Phi) is 4.79. The third-order valence-electron chi connectivity index (χ3n) is 2.83. The maximum Gasteiger partial charge on any atom is 0.315 e. The van der Waals surface area contributed by atoms with E-state index in [2.05, 4.69) is 0 Å². The zero-order valence-corrected chi connectivity index (χ0v) is 11.9. The Morgan fingerprint density at radius 1 is 1.35 bits per heavy atom. The maximum atomic E-state index is 12.2. The summed E-state index contributed by atoms with van der Waals surface area (Å²) in [7, 11) is 0. The summed E-state index contributed by atoms with van der Waals surface area (Å²) in [4.78, 5) is 36.6. The van der Waals surface area contributed by atoms with Crippen molar-refractivity contribution in [1.29, 1.82) is 0 Å². The lowest BCUT2D eigenvalue weighted by atomic mass is 10.3. The lowest BCUT2D eigenvalue weighted by Gasteiger charge is -2.14. The molecule has 5 nitrogen and oxygen atoms in total. The van der Waals surface area contributed by atoms with Gasteiger partial charge in [-0.05, 0) is 19.1 Å². The van der Waals surface area contributed by atoms with Crippen LogP contribution in [0.25, 0.3) is 0 Å². The van der Waals surface area contributed by atoms with Gasteiger partial charge in [-0.2, -0.15) is 0 Å². The molecule has 2 amide bonds. The van der Waals surface area contributed by atoms with E-state index in [9.17, 15) is 14.4 Å². The van der Waals surface area contributed by atoms with Crippen LogP contribution in [-0.2, 0) is 19.1 Å². The molecule has 1 aromatic carbocycles. The van der Waals surface area contributed by atoms with Gasteiger partial charge in [-0.1, -0.05) is 18.2 Å². The maximum absolute atomic E-state index is 12.2. The topological polar surface area (TPSA) is 63.7 Å². The molecule has 0 aliphatic carbocycles. The highest BCUT2D eigenvalue weighted by Gasteiger charge is 2.39. The van der Waals surface area contributed by atoms with Crippen molar-refractivity contribution in [2.45, 2.75) is 18.6 Å². The van der Waals surface area contributed by atoms with Gasteiger partial charge < -0.3 is 4.74 Å². The number of benzene rings is 1. The molecule has 2 rings (SSSR count). The quantitative estimate of drug-likeness (QED) is 0.609. The van der Waals surface area contributed by atoms with Gasteiger partial charge in [-0.3, -0.25) is 14.4 Å². The van der Waals surface area contributed by atoms with Crippen molar-refractivity contribution < 1.29 is 19.1 Å². The third-order valence-corrected chi connectivity index (χ3v) is 4.00. The molecule has 1 aliphatic rings. The van der Waals surface area contributed by atoms with E-state index in [1.165, 1.54) is 4.90 Å². The zero-order valence-electron chi connectivity index (χ0n) is 11.1. The SMILES string of the molecule is CCOC(=O)CSC1CC(=O)N(c2ccccc2)C1=O. The van der Waals surface area contributed by atoms with E-state index in [1.807, 2.05) is 6.07 Å². The van der Waals surface area contributed by atoms with Gasteiger partial charge in [-0.15, -0.1) is 11.8 Å². The van der Waals surface area contributed by atoms with E-state index in [-0.39, 0.29) is 30.0 Å². The van der Waals surface area contributed by atoms with Crippen LogP contribution in [0.2, 0.25) is 0 Å². The monoisotopic (exact) mass is 293 g/mol. The highest BCUT2D eigenvalue weighted by atomic mass is 32.2. The highest BCUT2D eigenvalue weighted by molar-refractivity contribution is 8.01. The molecule has 0 N–H and O–H groups in total. The first-order chi connectivity index (χ1) is 9.63. The van der Waals surface area contributed by atoms with Crippen LogP contribution in [0.3, 0.4) is 0 Å². The van der Waals surface area contributed by atoms with E-state index in [0.29, 0.717) is 12.3 Å². The Hall–Kier alpha value is -1.82. The number of nitrogens with zero attached hydrogens (tertiary/aromatic N) is 1. The first kappa shape index (κ1) is 14.6. The Bertz CT molecular complexity index is 517. The minimum atomic E-state index is -0.507. The van der Waals surface area contributed by atoms with Crippen LogP contribution in [0.15, 0.2) is 30.3 Å². The van der Waals surface area contributed by atoms with Crippen molar-refractivity contribution >= 4 is 35.2 Å². The minimum absolute atomic E-state index is 0.0835. The average Bonchev–Trinajstić information content (AvgIpc) is 2.72. The zero-order chi connectivity index (χ0) is 14.5. The normalized spacial score (nSPS) is 18.4. The largest absolute Gasteiger partial charge is 0.465 e. The molecule has 6 heteroatoms. The van der Waals surface area contributed by atoms with Crippen molar-refractivity contribution in [2.24, 2.45) is 0 Å². The molecule has 0 bridgehead atoms. The summed E-state index contributed by atoms with van der Waals surface area (Å²) in [6.45, 7) is 2.04. The number of amides is 2. The van der Waals surface area contributed by atoms with Gasteiger partial charge in [0.1, 0.15) is 0 Å². The van der Waals surface area contributed by atoms with E-state index in [4.69, 9.17) is 4.74 Å². The molecule has 0 aromatic heterocycles. The van der Waals surface area contributed by atoms with Crippen molar-refractivity contribution in [3.63, 3.8) is 0 Å². The lowest BCUT2D eigenvalue weighted by Crippen LogP contribution is -2.31. The van der Waals surface area contributed by atoms with Crippen LogP contribution < -0.4 is 4.90 Å². The second kappa shape index (κ2) is 6.56. The van der Waals surface area contributed by atoms with Crippen LogP contribution in [0.4, 0.5) is 5.69 Å². The number of carbonyl (C=O) groups excluding carboxylic acids is 3. The number of anilines is 1. The van der Waals surface area contributed by atoms with Crippen LogP contribution >= 0.6 is 11.8 Å². The first-order valence-electron chi connectivity index (χ1n) is 6.32. The number of esters is 1. The Morgan fingerprint density at radius 2 is 2.05 bits per heavy atom. The molecule has 0 saturated carbocycles. The van der Waals surface area contributed by atoms with Crippen LogP contribution in [-0.4, -0.2) is 35.4 Å². The Labute approximate surface area is 121 Å². The highest BCUT2D eigenvalue weighted by Crippen LogP contribution is 2.29. The smallest absolute Gasteiger partial charge is 0.315 e. The predicted octanol–water partition coefficient (Wildman–Crippen LogP) is 1.61. The minimum Gasteiger partial charge on any atom is -0.465 e. The molecule has 1 aromatic rings. The van der Waals surface area contributed by atoms with Gasteiger partial charge >= 0.3 is 5.97 Å². The standard InChI is InChI=1S/C14H15NO4S/c1-2-19-13(17)9-20-11-8-12(16)15(14(11)18)10-6-4-3-5-7-10/h3-7,11H,2,8-9H2,1H3. The summed E-state index contributed by atoms with van der Waals surface area (Å²) in [5.74, 6) is -0.783. The van der Waals surface area contributed by atoms with Crippen molar-refractivity contribution in [3.05, 3.63) is 30.3 Å². The molecule has 1 heterocycles. The summed E-state index contributed by atoms with van der Waals surface area (Å²) < 4.78 is 4.81. The summed E-state index contributed by atoms with van der Waals surface area (Å²) in [5, 5.41) is -0.507. The number of rotatable bonds is 5. The number of hydrogen-bond acceptors (Lipinski definition) is 5. The summed E-state index contributed by atoms with van der Waals surface area (Å²) in [5.41, 5.74) is 0.571. The van der Waals surface area contributed by atoms with Crippen LogP contribution in [0.1, 0.15) is 13.3 Å². The van der Waals surface area contributed by atoms with Crippen LogP contribution in [0, 0.1) is 0 Å². The van der Waals surface area contributed by atoms with Gasteiger partial charge in [0.25, 0.3) is 0 Å². The summed E-state index contributed by atoms with van der Waals surface area (Å²) >= 11 is 1.16. The van der Waals surface area contributed by atoms with Gasteiger partial charge in [0, 0.05) is 6.42 Å². The second-order valence-electron chi connectivity index (χ2n) is 4.21. The van der Waals surface area contributed by atoms with E-state index in [1.54, 1.807) is 31.2 Å². The molecule has 1 aliphatic heterocycles. The van der Waals surface area contributed by atoms with Gasteiger partial charge in [0.05, 0.1) is 23.3 Å². The fraction of sp³-hybridized carbons (Fsp3) is 0.357. The third kappa shape index (κ3) is 3.19. The number of thioether (sulfide) groups is 1. The Balaban J connectivity index is 2.00. The van der Waals surface area contributed by atoms with Crippen molar-refractivity contribution in [2.75, 3.05) is 17.3 Å². The van der Waals surface area contributed by atoms with E-state index in [0.717, 1.165) is 11.8 Å². The average molecular weight is 293 g/mol. The van der Waals surface area contributed by atoms with Crippen molar-refractivity contribution in [3.8, 4) is 0 Å². The molecule has 0 radical (unpaired) electrons. The molecule has 1 atom stereocenters. The predicted molar refractivity (Wildman–Crippen MR) is 76.4 cm³/mol. The molecule has 20 heavy (non-hydrogen) atoms. The van der Waals surface area contributed by atoms with Gasteiger partial charge in [-0.25, -0.2) is 4.90 Å². The molecule has 1 unspecified atom stereocenters. The lowest BCUT2D eigenvalue weighted by molar-refractivity contribution is -0.139. The van der Waals surface area contributed by atoms with Crippen LogP contribution in [0.5, 0.6) is 0 Å². The Morgan fingerprint density at radius 3 is 2.70 bits per heavy atom. The molecule has 1 fully saturated rings. The fourth-order valence-corrected chi connectivity index (χ4v) is 2.88. The van der Waals surface area contributed by atoms with E-state index < -0.39 is 5.25 Å². The molecule has 106 valence electrons. The second-order valence-corrected chi connectivity index (χ2v) is 5.40. The van der Waals surface area contributed by atoms with Gasteiger partial charge in [0.15, 0.2) is 0 Å². The first-order valence-corrected chi connectivity index (χ1v) is 7.37. The van der Waals surface area contributed by atoms with Crippen molar-refractivity contribution in [1.82, 2.24) is 0 Å². The summed E-state index contributed by atoms with van der Waals surface area (Å²) in [6.07, 6.45) is 0.123. The number of para-hydroxylation sites is 1. The van der Waals surface area contributed by atoms with Gasteiger partial charge in [0.2, 0.25) is 11.8 Å². The number of hydrogen-bond donors (Lipinski definition) is 0. The number of carbonyl (C=O) groups is 3. The summed E-state index contributed by atoms with van der Waals surface area (Å²) in [6, 6.07) is 8.80. The fourth-order valence-electron chi connectivity index (χ4n) is 1.95. The molecular formula is C14H15NO4S. The molecule has 1 saturated heterocycles.